The van der Waals surface area contributed by atoms with Gasteiger partial charge in [0.25, 0.3) is 0 Å². The van der Waals surface area contributed by atoms with E-state index in [4.69, 9.17) is 8.82 Å². The summed E-state index contributed by atoms with van der Waals surface area (Å²) in [5, 5.41) is 0.241. The van der Waals surface area contributed by atoms with Gasteiger partial charge in [0.05, 0.1) is 0 Å². The third-order valence-corrected chi connectivity index (χ3v) is 10.9. The van der Waals surface area contributed by atoms with Crippen molar-refractivity contribution in [1.82, 2.24) is 0 Å². The number of rotatable bonds is 9. The van der Waals surface area contributed by atoms with Crippen LogP contribution >= 0.6 is 11.9 Å². The number of hydrogen-bond acceptors (Lipinski definition) is 3. The molecule has 0 radical (unpaired) electrons. The highest BCUT2D eigenvalue weighted by atomic mass is 32.2. The van der Waals surface area contributed by atoms with Crippen LogP contribution in [0.1, 0.15) is 46.1 Å². The summed E-state index contributed by atoms with van der Waals surface area (Å²) in [6, 6.07) is 21.0. The van der Waals surface area contributed by atoms with E-state index in [1.165, 1.54) is 16.2 Å². The van der Waals surface area contributed by atoms with E-state index in [1.54, 1.807) is 11.9 Å². The SMILES string of the molecule is C[C@@H](CC/C(Cc1ccccc1)=N/Sc1ccccc1)O[Si](C)(C)C(C)(C)C. The maximum absolute atomic E-state index is 6.54. The van der Waals surface area contributed by atoms with Gasteiger partial charge >= 0.3 is 0 Å². The normalized spacial score (nSPS) is 14.1. The second-order valence-electron chi connectivity index (χ2n) is 8.95. The highest BCUT2D eigenvalue weighted by Crippen LogP contribution is 2.37. The summed E-state index contributed by atoms with van der Waals surface area (Å²) < 4.78 is 11.4. The van der Waals surface area contributed by atoms with Gasteiger partial charge in [0.2, 0.25) is 0 Å². The summed E-state index contributed by atoms with van der Waals surface area (Å²) in [5.41, 5.74) is 2.54. The average Bonchev–Trinajstić information content (AvgIpc) is 2.64. The van der Waals surface area contributed by atoms with E-state index >= 15 is 0 Å². The molecule has 0 heterocycles. The average molecular weight is 414 g/mol. The third kappa shape index (κ3) is 7.57. The molecule has 0 aromatic heterocycles. The standard InChI is InChI=1S/C24H35NOSSi/c1-20(26-28(5,6)24(2,3)4)17-18-22(19-21-13-9-7-10-14-21)25-27-23-15-11-8-12-16-23/h7-16,20H,17-19H2,1-6H3/b25-22-/t20-/m0/s1. The number of nitrogens with zero attached hydrogens (tertiary/aromatic N) is 1. The molecule has 28 heavy (non-hydrogen) atoms. The monoisotopic (exact) mass is 413 g/mol. The zero-order chi connectivity index (χ0) is 20.6. The van der Waals surface area contributed by atoms with E-state index in [2.05, 4.69) is 95.4 Å². The van der Waals surface area contributed by atoms with Gasteiger partial charge in [0.15, 0.2) is 8.32 Å². The van der Waals surface area contributed by atoms with Crippen molar-refractivity contribution in [1.29, 1.82) is 0 Å². The van der Waals surface area contributed by atoms with Crippen molar-refractivity contribution in [2.24, 2.45) is 4.40 Å². The number of hydrogen-bond donors (Lipinski definition) is 0. The van der Waals surface area contributed by atoms with E-state index in [0.29, 0.717) is 0 Å². The van der Waals surface area contributed by atoms with Gasteiger partial charge in [-0.3, -0.25) is 0 Å². The fourth-order valence-electron chi connectivity index (χ4n) is 2.70. The summed E-state index contributed by atoms with van der Waals surface area (Å²) in [6.45, 7) is 13.8. The van der Waals surface area contributed by atoms with E-state index in [0.717, 1.165) is 19.3 Å². The number of benzene rings is 2. The molecule has 0 aliphatic carbocycles. The summed E-state index contributed by atoms with van der Waals surface area (Å²) in [6.07, 6.45) is 3.12. The molecular weight excluding hydrogens is 378 g/mol. The molecule has 0 fully saturated rings. The van der Waals surface area contributed by atoms with Gasteiger partial charge in [0.1, 0.15) is 0 Å². The minimum absolute atomic E-state index is 0.241. The van der Waals surface area contributed by atoms with Crippen molar-refractivity contribution in [2.45, 2.75) is 76.1 Å². The molecule has 2 aromatic rings. The molecule has 0 N–H and O–H groups in total. The Morgan fingerprint density at radius 3 is 2.14 bits per heavy atom. The summed E-state index contributed by atoms with van der Waals surface area (Å²) >= 11 is 1.57. The van der Waals surface area contributed by atoms with Gasteiger partial charge in [0, 0.05) is 35.1 Å². The molecule has 0 aliphatic rings. The smallest absolute Gasteiger partial charge is 0.192 e. The summed E-state index contributed by atoms with van der Waals surface area (Å²) in [4.78, 5) is 1.18. The van der Waals surface area contributed by atoms with Crippen LogP contribution in [0.5, 0.6) is 0 Å². The van der Waals surface area contributed by atoms with E-state index < -0.39 is 8.32 Å². The van der Waals surface area contributed by atoms with Crippen molar-refractivity contribution in [3.8, 4) is 0 Å². The van der Waals surface area contributed by atoms with Crippen LogP contribution in [0.25, 0.3) is 0 Å². The second kappa shape index (κ2) is 10.4. The lowest BCUT2D eigenvalue weighted by Gasteiger charge is -2.38. The van der Waals surface area contributed by atoms with Crippen LogP contribution in [0.4, 0.5) is 0 Å². The lowest BCUT2D eigenvalue weighted by atomic mass is 10.0. The third-order valence-electron chi connectivity index (χ3n) is 5.42. The largest absolute Gasteiger partial charge is 0.414 e. The zero-order valence-electron chi connectivity index (χ0n) is 18.2. The Balaban J connectivity index is 2.02. The molecule has 0 amide bonds. The Bertz CT molecular complexity index is 738. The highest BCUT2D eigenvalue weighted by Gasteiger charge is 2.38. The molecule has 0 spiro atoms. The first-order chi connectivity index (χ1) is 13.2. The van der Waals surface area contributed by atoms with Gasteiger partial charge in [-0.2, -0.15) is 0 Å². The maximum atomic E-state index is 6.54. The maximum Gasteiger partial charge on any atom is 0.192 e. The van der Waals surface area contributed by atoms with Crippen LogP contribution in [0.15, 0.2) is 70.0 Å². The van der Waals surface area contributed by atoms with Crippen LogP contribution in [0.2, 0.25) is 18.1 Å². The molecule has 0 unspecified atom stereocenters. The fourth-order valence-corrected chi connectivity index (χ4v) is 4.85. The van der Waals surface area contributed by atoms with Crippen molar-refractivity contribution in [3.63, 3.8) is 0 Å². The van der Waals surface area contributed by atoms with Crippen LogP contribution in [-0.2, 0) is 10.8 Å². The first kappa shape index (κ1) is 22.9. The Morgan fingerprint density at radius 2 is 1.57 bits per heavy atom. The topological polar surface area (TPSA) is 21.6 Å². The minimum atomic E-state index is -1.73. The minimum Gasteiger partial charge on any atom is -0.414 e. The lowest BCUT2D eigenvalue weighted by Crippen LogP contribution is -2.43. The van der Waals surface area contributed by atoms with E-state index in [1.807, 2.05) is 6.07 Å². The summed E-state index contributed by atoms with van der Waals surface area (Å²) in [5.74, 6) is 0. The van der Waals surface area contributed by atoms with Crippen molar-refractivity contribution < 1.29 is 4.43 Å². The fraction of sp³-hybridized carbons (Fsp3) is 0.458. The Hall–Kier alpha value is -1.36. The van der Waals surface area contributed by atoms with Crippen molar-refractivity contribution in [3.05, 3.63) is 66.2 Å². The molecule has 2 aromatic carbocycles. The first-order valence-corrected chi connectivity index (χ1v) is 13.8. The van der Waals surface area contributed by atoms with E-state index in [9.17, 15) is 0 Å². The quantitative estimate of drug-likeness (QED) is 0.240. The first-order valence-electron chi connectivity index (χ1n) is 10.2. The van der Waals surface area contributed by atoms with Crippen molar-refractivity contribution in [2.75, 3.05) is 0 Å². The van der Waals surface area contributed by atoms with E-state index in [-0.39, 0.29) is 11.1 Å². The molecule has 2 rings (SSSR count). The lowest BCUT2D eigenvalue weighted by molar-refractivity contribution is 0.191. The van der Waals surface area contributed by atoms with Gasteiger partial charge in [-0.25, -0.2) is 4.40 Å². The molecule has 1 atom stereocenters. The van der Waals surface area contributed by atoms with Crippen LogP contribution in [0, 0.1) is 0 Å². The highest BCUT2D eigenvalue weighted by molar-refractivity contribution is 7.98. The van der Waals surface area contributed by atoms with Crippen LogP contribution < -0.4 is 0 Å². The summed E-state index contributed by atoms with van der Waals surface area (Å²) in [7, 11) is -1.73. The molecule has 4 heteroatoms. The molecule has 0 saturated carbocycles. The Labute approximate surface area is 177 Å². The second-order valence-corrected chi connectivity index (χ2v) is 14.5. The van der Waals surface area contributed by atoms with Crippen LogP contribution in [0.3, 0.4) is 0 Å². The van der Waals surface area contributed by atoms with Gasteiger partial charge in [-0.15, -0.1) is 0 Å². The van der Waals surface area contributed by atoms with Crippen LogP contribution in [-0.4, -0.2) is 20.1 Å². The molecule has 0 saturated heterocycles. The van der Waals surface area contributed by atoms with Crippen molar-refractivity contribution >= 4 is 26.0 Å². The molecular formula is C24H35NOSSi. The van der Waals surface area contributed by atoms with Gasteiger partial charge in [-0.05, 0) is 55.6 Å². The molecule has 2 nitrogen and oxygen atoms in total. The Morgan fingerprint density at radius 1 is 1.00 bits per heavy atom. The van der Waals surface area contributed by atoms with Gasteiger partial charge < -0.3 is 4.43 Å². The molecule has 0 bridgehead atoms. The Kier molecular flexibility index (Phi) is 8.53. The zero-order valence-corrected chi connectivity index (χ0v) is 20.1. The predicted octanol–water partition coefficient (Wildman–Crippen LogP) is 7.57. The van der Waals surface area contributed by atoms with Gasteiger partial charge in [-0.1, -0.05) is 69.3 Å². The molecule has 152 valence electrons. The predicted molar refractivity (Wildman–Crippen MR) is 127 cm³/mol. The molecule has 0 aliphatic heterocycles.